The predicted octanol–water partition coefficient (Wildman–Crippen LogP) is 0.872. The second kappa shape index (κ2) is 23.2. The zero-order valence-corrected chi connectivity index (χ0v) is 5.84. The first kappa shape index (κ1) is 17.5. The molecule has 0 rings (SSSR count). The Labute approximate surface area is 47.1 Å². The number of methoxy groups -OCH3 is 1. The fourth-order valence-corrected chi connectivity index (χ4v) is 0. The van der Waals surface area contributed by atoms with Gasteiger partial charge in [0.25, 0.3) is 0 Å². The topological polar surface area (TPSA) is 9.23 Å². The molecule has 0 aromatic carbocycles. The normalized spacial score (nSPS) is 3.60. The zero-order chi connectivity index (χ0) is 2.71. The van der Waals surface area contributed by atoms with Crippen LogP contribution in [0.1, 0.15) is 0 Å². The maximum absolute atomic E-state index is 4.00. The van der Waals surface area contributed by atoms with Crippen molar-refractivity contribution in [2.75, 3.05) is 7.11 Å². The van der Waals surface area contributed by atoms with Crippen molar-refractivity contribution in [3.63, 3.8) is 0 Å². The van der Waals surface area contributed by atoms with Crippen molar-refractivity contribution in [1.82, 2.24) is 0 Å². The molecule has 0 spiro atoms. The second-order valence-electron chi connectivity index (χ2n) is 0.289. The molecule has 0 aliphatic rings. The molecule has 0 bridgehead atoms. The van der Waals surface area contributed by atoms with Gasteiger partial charge in [0.2, 0.25) is 0 Å². The van der Waals surface area contributed by atoms with Crippen LogP contribution in [0, 0.1) is 14.5 Å². The molecule has 0 aliphatic heterocycles. The summed E-state index contributed by atoms with van der Waals surface area (Å²) in [6.07, 6.45) is 0. The van der Waals surface area contributed by atoms with Crippen molar-refractivity contribution in [2.45, 2.75) is 0 Å². The molecule has 5 heavy (non-hydrogen) atoms. The molecule has 0 heterocycles. The summed E-state index contributed by atoms with van der Waals surface area (Å²) in [6.45, 7) is 0. The Kier molecular flexibility index (Phi) is 81.2. The van der Waals surface area contributed by atoms with Crippen molar-refractivity contribution < 1.29 is 24.8 Å². The summed E-state index contributed by atoms with van der Waals surface area (Å²) in [4.78, 5) is 0. The summed E-state index contributed by atoms with van der Waals surface area (Å²) in [5.41, 5.74) is 0. The van der Waals surface area contributed by atoms with Crippen LogP contribution in [0.2, 0.25) is 0 Å². The quantitative estimate of drug-likeness (QED) is 0.581. The third-order valence-electron chi connectivity index (χ3n) is 0. The third-order valence-corrected chi connectivity index (χ3v) is 0. The summed E-state index contributed by atoms with van der Waals surface area (Å²) in [5, 5.41) is 0. The van der Waals surface area contributed by atoms with Gasteiger partial charge in [-0.05, 0) is 7.11 Å². The minimum atomic E-state index is 0. The minimum absolute atomic E-state index is 0. The summed E-state index contributed by atoms with van der Waals surface area (Å²) < 4.78 is 4.00. The van der Waals surface area contributed by atoms with Gasteiger partial charge in [-0.25, -0.2) is 7.11 Å². The average Bonchev–Trinajstić information content (AvgIpc) is 0.918. The molecule has 0 saturated carbocycles. The Morgan fingerprint density at radius 2 is 1.60 bits per heavy atom. The molecule has 0 saturated heterocycles. The van der Waals surface area contributed by atoms with E-state index in [2.05, 4.69) is 11.8 Å². The summed E-state index contributed by atoms with van der Waals surface area (Å²) in [7, 11) is 4.50. The van der Waals surface area contributed by atoms with Crippen LogP contribution in [-0.2, 0) is 24.8 Å². The second-order valence-corrected chi connectivity index (χ2v) is 0.289. The summed E-state index contributed by atoms with van der Waals surface area (Å²) >= 11 is 0. The summed E-state index contributed by atoms with van der Waals surface area (Å²) in [5.74, 6) is 0. The van der Waals surface area contributed by atoms with Gasteiger partial charge in [0.15, 0.2) is 0 Å². The number of hydrogen-bond donors (Lipinski definition) is 0. The SMILES string of the molecule is [CH2-]OC.[CH3-].[Ir]. The number of hydrogen-bond acceptors (Lipinski definition) is 1. The Hall–Kier alpha value is 0.609. The van der Waals surface area contributed by atoms with Gasteiger partial charge >= 0.3 is 0 Å². The fraction of sp³-hybridized carbons (Fsp3) is 0.333. The van der Waals surface area contributed by atoms with Crippen LogP contribution in [-0.4, -0.2) is 7.11 Å². The van der Waals surface area contributed by atoms with Gasteiger partial charge in [0.1, 0.15) is 0 Å². The minimum Gasteiger partial charge on any atom is -0.557 e. The summed E-state index contributed by atoms with van der Waals surface area (Å²) in [6, 6.07) is 0. The Morgan fingerprint density at radius 1 is 1.60 bits per heavy atom. The molecule has 0 N–H and O–H groups in total. The van der Waals surface area contributed by atoms with E-state index in [4.69, 9.17) is 0 Å². The van der Waals surface area contributed by atoms with E-state index in [9.17, 15) is 0 Å². The maximum atomic E-state index is 4.00. The van der Waals surface area contributed by atoms with Gasteiger partial charge in [0, 0.05) is 20.1 Å². The Morgan fingerprint density at radius 3 is 1.60 bits per heavy atom. The van der Waals surface area contributed by atoms with Crippen LogP contribution in [0.25, 0.3) is 0 Å². The molecule has 0 aromatic rings. The van der Waals surface area contributed by atoms with Gasteiger partial charge in [-0.3, -0.25) is 0 Å². The van der Waals surface area contributed by atoms with E-state index >= 15 is 0 Å². The van der Waals surface area contributed by atoms with Crippen LogP contribution in [0.5, 0.6) is 0 Å². The van der Waals surface area contributed by atoms with E-state index in [1.165, 1.54) is 7.11 Å². The first-order valence-corrected chi connectivity index (χ1v) is 0.697. The monoisotopic (exact) mass is 253 g/mol. The van der Waals surface area contributed by atoms with Gasteiger partial charge in [-0.15, -0.1) is 0 Å². The molecule has 0 fully saturated rings. The van der Waals surface area contributed by atoms with E-state index in [1.807, 2.05) is 0 Å². The van der Waals surface area contributed by atoms with Crippen molar-refractivity contribution in [3.05, 3.63) is 14.5 Å². The molecule has 0 amide bonds. The van der Waals surface area contributed by atoms with Crippen molar-refractivity contribution in [3.8, 4) is 0 Å². The maximum Gasteiger partial charge on any atom is 0 e. The molecule has 0 atom stereocenters. The standard InChI is InChI=1S/C2H5O.CH3.Ir/c1-3-2;;/h1H2,2H3;1H3;/q2*-1;. The van der Waals surface area contributed by atoms with Crippen molar-refractivity contribution >= 4 is 0 Å². The first-order chi connectivity index (χ1) is 1.41. The van der Waals surface area contributed by atoms with E-state index in [-0.39, 0.29) is 27.5 Å². The van der Waals surface area contributed by atoms with E-state index in [0.717, 1.165) is 0 Å². The van der Waals surface area contributed by atoms with Crippen LogP contribution in [0.3, 0.4) is 0 Å². The van der Waals surface area contributed by atoms with Crippen LogP contribution < -0.4 is 0 Å². The first-order valence-electron chi connectivity index (χ1n) is 0.697. The van der Waals surface area contributed by atoms with Gasteiger partial charge in [-0.1, -0.05) is 0 Å². The fourth-order valence-electron chi connectivity index (χ4n) is 0. The van der Waals surface area contributed by atoms with Gasteiger partial charge < -0.3 is 12.2 Å². The molecule has 2 heteroatoms. The van der Waals surface area contributed by atoms with Crippen molar-refractivity contribution in [1.29, 1.82) is 0 Å². The van der Waals surface area contributed by atoms with Crippen LogP contribution >= 0.6 is 0 Å². The molecular weight excluding hydrogens is 244 g/mol. The molecule has 37 valence electrons. The van der Waals surface area contributed by atoms with E-state index in [1.54, 1.807) is 0 Å². The molecular formula is C3H8IrO-2. The molecule has 1 nitrogen and oxygen atoms in total. The van der Waals surface area contributed by atoms with Crippen molar-refractivity contribution in [2.24, 2.45) is 0 Å². The van der Waals surface area contributed by atoms with Crippen LogP contribution in [0.15, 0.2) is 0 Å². The van der Waals surface area contributed by atoms with Gasteiger partial charge in [0.05, 0.1) is 0 Å². The smallest absolute Gasteiger partial charge is 0 e. The van der Waals surface area contributed by atoms with E-state index < -0.39 is 0 Å². The third kappa shape index (κ3) is 84.5. The molecule has 0 aliphatic carbocycles. The Balaban J connectivity index is -0.0000000200. The largest absolute Gasteiger partial charge is 0.557 e. The zero-order valence-electron chi connectivity index (χ0n) is 3.45. The molecule has 1 radical (unpaired) electrons. The predicted molar refractivity (Wildman–Crippen MR) is 18.8 cm³/mol. The Bertz CT molecular complexity index is 6.85. The molecule has 0 aromatic heterocycles. The van der Waals surface area contributed by atoms with Crippen LogP contribution in [0.4, 0.5) is 0 Å². The molecule has 0 unspecified atom stereocenters. The average molecular weight is 252 g/mol. The van der Waals surface area contributed by atoms with E-state index in [0.29, 0.717) is 0 Å². The number of rotatable bonds is 0. The van der Waals surface area contributed by atoms with Gasteiger partial charge in [-0.2, -0.15) is 0 Å². The number of ether oxygens (including phenoxy) is 1.